The monoisotopic (exact) mass is 2000 g/mol. The summed E-state index contributed by atoms with van der Waals surface area (Å²) in [6, 6.07) is 2.61. The van der Waals surface area contributed by atoms with E-state index in [0.717, 1.165) is 0 Å². The second-order valence-corrected chi connectivity index (χ2v) is 34.3. The van der Waals surface area contributed by atoms with Crippen molar-refractivity contribution in [2.24, 2.45) is 23.7 Å². The Morgan fingerprint density at radius 1 is 0.391 bits per heavy atom. The largest absolute Gasteiger partial charge is 0.480 e. The van der Waals surface area contributed by atoms with Gasteiger partial charge in [-0.1, -0.05) is 12.1 Å². The average Bonchev–Trinajstić information content (AvgIpc) is 0.927. The van der Waals surface area contributed by atoms with E-state index in [1.165, 1.54) is 4.90 Å². The number of hydrogen-bond donors (Lipinski definition) is 23. The van der Waals surface area contributed by atoms with E-state index in [-0.39, 0.29) is 312 Å². The van der Waals surface area contributed by atoms with Crippen molar-refractivity contribution in [1.82, 2.24) is 56.8 Å². The van der Waals surface area contributed by atoms with Gasteiger partial charge in [-0.15, -0.1) is 0 Å². The number of nitrogens with zero attached hydrogens (tertiary/aromatic N) is 4. The molecule has 1 aromatic rings. The number of benzene rings is 1. The number of unbranched alkanes of at least 4 members (excludes halogenated alkanes) is 1. The molecule has 17 unspecified atom stereocenters. The molecule has 138 heavy (non-hydrogen) atoms. The van der Waals surface area contributed by atoms with E-state index in [2.05, 4.69) is 42.5 Å². The van der Waals surface area contributed by atoms with Crippen molar-refractivity contribution in [2.75, 3.05) is 275 Å². The number of aliphatic carboxylic acids is 3. The maximum atomic E-state index is 14.5. The van der Waals surface area contributed by atoms with Crippen LogP contribution in [-0.4, -0.2) is 510 Å². The third-order valence-electron chi connectivity index (χ3n) is 23.5. The highest BCUT2D eigenvalue weighted by molar-refractivity contribution is 7.80. The number of Topliss-reactive ketones (excluding diaryl/α,β-unsaturated/α-hetero) is 1. The normalized spacial score (nSPS) is 23.3. The minimum Gasteiger partial charge on any atom is -0.480 e. The summed E-state index contributed by atoms with van der Waals surface area (Å²) in [6.45, 7) is 2.72. The van der Waals surface area contributed by atoms with Crippen LogP contribution in [0.2, 0.25) is 0 Å². The highest BCUT2D eigenvalue weighted by atomic mass is 32.1. The third kappa shape index (κ3) is 50.6. The number of carboxylic acid groups (broad SMARTS) is 3. The van der Waals surface area contributed by atoms with Crippen LogP contribution in [-0.2, 0) is 111 Å². The fraction of sp³-hybridized carbons (Fsp3) is 0.807. The van der Waals surface area contributed by atoms with Crippen LogP contribution >= 0.6 is 12.2 Å². The number of ether oxygens (including phenoxy) is 12. The highest BCUT2D eigenvalue weighted by Crippen LogP contribution is 2.33. The smallest absolute Gasteiger partial charge is 0.320 e. The van der Waals surface area contributed by atoms with Crippen LogP contribution in [0.25, 0.3) is 0 Å². The Morgan fingerprint density at radius 2 is 0.768 bits per heavy atom. The molecule has 4 fully saturated rings. The molecule has 1 aromatic carbocycles. The molecule has 3 saturated carbocycles. The van der Waals surface area contributed by atoms with Gasteiger partial charge in [0.15, 0.2) is 5.11 Å². The first-order valence-electron chi connectivity index (χ1n) is 47.2. The molecule has 49 nitrogen and oxygen atoms in total. The first-order valence-corrected chi connectivity index (χ1v) is 47.6. The zero-order valence-corrected chi connectivity index (χ0v) is 79.5. The number of amides is 6. The minimum absolute atomic E-state index is 0.000149. The van der Waals surface area contributed by atoms with Crippen LogP contribution in [0, 0.1) is 23.7 Å². The van der Waals surface area contributed by atoms with Crippen LogP contribution in [0.1, 0.15) is 82.6 Å². The number of anilines is 1. The van der Waals surface area contributed by atoms with Gasteiger partial charge in [0.25, 0.3) is 0 Å². The van der Waals surface area contributed by atoms with Gasteiger partial charge >= 0.3 is 17.9 Å². The van der Waals surface area contributed by atoms with Crippen LogP contribution in [0.5, 0.6) is 0 Å². The summed E-state index contributed by atoms with van der Waals surface area (Å²) >= 11 is 5.64. The van der Waals surface area contributed by atoms with Gasteiger partial charge in [0.1, 0.15) is 24.0 Å². The number of aliphatic hydroxyl groups excluding tert-OH is 12. The Balaban J connectivity index is 1.10. The van der Waals surface area contributed by atoms with Crippen molar-refractivity contribution >= 4 is 82.2 Å². The average molecular weight is 2000 g/mol. The first-order chi connectivity index (χ1) is 66.4. The molecule has 50 heteroatoms. The van der Waals surface area contributed by atoms with Gasteiger partial charge in [-0.25, -0.2) is 0 Å². The molecule has 5 rings (SSSR count). The maximum Gasteiger partial charge on any atom is 0.320 e. The van der Waals surface area contributed by atoms with Crippen LogP contribution in [0.15, 0.2) is 24.3 Å². The molecule has 6 amide bonds. The fourth-order valence-electron chi connectivity index (χ4n) is 15.7. The molecule has 17 atom stereocenters. The summed E-state index contributed by atoms with van der Waals surface area (Å²) in [6.07, 6.45) is -11.0. The predicted molar refractivity (Wildman–Crippen MR) is 491 cm³/mol. The predicted octanol–water partition coefficient (Wildman–Crippen LogP) is -8.70. The SMILES string of the molecule is O=C(O)CN1CCN(CC(=O)O)CCN(C(CCC(=O)NCc2ccc(NC(=S)NCCCCC(C(=O)NCCOCCOCCOCCOCCC(=O)NC3C(O)CC(CO)C(O)C3O)N(CC(=O)NCCOCCOCCOCCOCCC(=O)CC3C(O)CC(CO)C(O)C3O)CC(=O)NCCOCCOCCOCCOCCC(=O)NC3C(O)CC(CO)C(O)C3O)cc2)C(=O)O)CC1. The summed E-state index contributed by atoms with van der Waals surface area (Å²) in [5.74, 6) is -9.60. The van der Waals surface area contributed by atoms with E-state index in [0.29, 0.717) is 30.6 Å². The quantitative estimate of drug-likeness (QED) is 0.0213. The summed E-state index contributed by atoms with van der Waals surface area (Å²) in [7, 11) is 0. The molecule has 23 N–H and O–H groups in total. The summed E-state index contributed by atoms with van der Waals surface area (Å²) in [4.78, 5) is 135. The van der Waals surface area contributed by atoms with Crippen LogP contribution in [0.3, 0.4) is 0 Å². The summed E-state index contributed by atoms with van der Waals surface area (Å²) < 4.78 is 67.1. The van der Waals surface area contributed by atoms with Gasteiger partial charge in [-0.05, 0) is 74.9 Å². The number of carbonyl (C=O) groups is 10. The molecule has 1 saturated heterocycles. The molecule has 0 aromatic heterocycles. The maximum absolute atomic E-state index is 14.5. The molecule has 4 aliphatic rings. The van der Waals surface area contributed by atoms with Gasteiger partial charge in [0.2, 0.25) is 35.4 Å². The molecule has 1 heterocycles. The lowest BCUT2D eigenvalue weighted by Crippen LogP contribution is -2.61. The van der Waals surface area contributed by atoms with Crippen LogP contribution in [0.4, 0.5) is 5.69 Å². The number of ketones is 1. The Morgan fingerprint density at radius 3 is 1.17 bits per heavy atom. The zero-order valence-electron chi connectivity index (χ0n) is 78.7. The van der Waals surface area contributed by atoms with Crippen molar-refractivity contribution in [3.63, 3.8) is 0 Å². The van der Waals surface area contributed by atoms with Gasteiger partial charge in [-0.2, -0.15) is 0 Å². The van der Waals surface area contributed by atoms with Gasteiger partial charge in [-0.3, -0.25) is 67.5 Å². The van der Waals surface area contributed by atoms with Crippen molar-refractivity contribution < 1.29 is 181 Å². The molecule has 0 bridgehead atoms. The molecule has 0 radical (unpaired) electrons. The molecular formula is C88H152N12O37S. The Hall–Kier alpha value is -7.31. The molecule has 3 aliphatic carbocycles. The zero-order chi connectivity index (χ0) is 101. The van der Waals surface area contributed by atoms with Crippen molar-refractivity contribution in [1.29, 1.82) is 0 Å². The highest BCUT2D eigenvalue weighted by Gasteiger charge is 2.46. The Labute approximate surface area is 808 Å². The number of carboxylic acids is 3. The van der Waals surface area contributed by atoms with E-state index in [1.807, 2.05) is 0 Å². The van der Waals surface area contributed by atoms with E-state index in [1.54, 1.807) is 39.0 Å². The summed E-state index contributed by atoms with van der Waals surface area (Å²) in [5, 5.41) is 173. The number of carbonyl (C=O) groups excluding carboxylic acids is 7. The second kappa shape index (κ2) is 72.0. The van der Waals surface area contributed by atoms with Gasteiger partial charge in [0, 0.05) is 153 Å². The lowest BCUT2D eigenvalue weighted by Gasteiger charge is -2.40. The molecule has 1 aliphatic heterocycles. The fourth-order valence-corrected chi connectivity index (χ4v) is 15.9. The number of thiocarbonyl (C=S) groups is 1. The number of rotatable bonds is 75. The van der Waals surface area contributed by atoms with E-state index >= 15 is 0 Å². The van der Waals surface area contributed by atoms with E-state index in [9.17, 15) is 125 Å². The van der Waals surface area contributed by atoms with Gasteiger partial charge in [0.05, 0.1) is 246 Å². The number of nitrogens with one attached hydrogen (secondary N) is 8. The Bertz CT molecular complexity index is 3490. The Kier molecular flexibility index (Phi) is 63.2. The van der Waals surface area contributed by atoms with Crippen LogP contribution < -0.4 is 42.5 Å². The minimum atomic E-state index is -1.46. The van der Waals surface area contributed by atoms with Crippen molar-refractivity contribution in [3.8, 4) is 0 Å². The summed E-state index contributed by atoms with van der Waals surface area (Å²) in [5.41, 5.74) is 1.31. The van der Waals surface area contributed by atoms with E-state index in [4.69, 9.17) is 69.1 Å². The molecule has 792 valence electrons. The topological polar surface area (TPSA) is 694 Å². The van der Waals surface area contributed by atoms with Crippen molar-refractivity contribution in [3.05, 3.63) is 29.8 Å². The lowest BCUT2D eigenvalue weighted by atomic mass is 9.74. The van der Waals surface area contributed by atoms with Gasteiger partial charge < -0.3 is 176 Å². The first kappa shape index (κ1) is 121. The second-order valence-electron chi connectivity index (χ2n) is 33.9. The standard InChI is InChI=1S/C88H152N12O37S/c101-56-60-47-68(105)65(83(120)80(60)117)50-64(104)10-23-126-29-35-132-41-44-135-38-32-129-26-14-89-74(111)52-100(53-75(112)90-15-27-130-33-39-136-45-42-133-36-30-127-24-11-72(109)95-78-69(106)48-61(57-102)81(118)84(78)121)66(86(123)91-16-28-131-34-40-137-46-43-134-37-31-128-25-12-73(110)96-79-70(107)49-62(58-103)82(119)85(79)122)3-1-2-13-92-88(138)94-63-6-4-59(5-7-63)51-93-71(108)9-8-67(87(124)125)99-21-19-97(54-76(113)114)17-18-98(20-22-99)55-77(115)116/h4-7,60-62,65-70,78-85,101-103,105-107,117-122H,1-3,8-58H2,(H,89,111)(H,90,112)(H,91,123)(H,93,108)(H,95,109)(H,96,110)(H,113,114)(H,115,116)(H,124,125)(H2,92,94,138). The number of hydrogen-bond acceptors (Lipinski definition) is 39. The van der Waals surface area contributed by atoms with E-state index < -0.39 is 189 Å². The van der Waals surface area contributed by atoms with Crippen molar-refractivity contribution in [2.45, 2.75) is 163 Å². The molecule has 0 spiro atoms. The lowest BCUT2D eigenvalue weighted by molar-refractivity contribution is -0.145. The molecular weight excluding hydrogens is 1850 g/mol. The number of aliphatic hydroxyl groups is 12. The third-order valence-corrected chi connectivity index (χ3v) is 23.8.